The van der Waals surface area contributed by atoms with Crippen LogP contribution in [0.1, 0.15) is 43.4 Å². The Hall–Kier alpha value is -0.870. The van der Waals surface area contributed by atoms with Crippen LogP contribution in [0.3, 0.4) is 0 Å². The second kappa shape index (κ2) is 5.49. The fraction of sp³-hybridized carbons (Fsp3) is 0.562. The maximum absolute atomic E-state index is 11.1. The van der Waals surface area contributed by atoms with E-state index in [0.29, 0.717) is 12.1 Å². The number of hydrogen-bond donors (Lipinski definition) is 1. The molecule has 1 fully saturated rings. The lowest BCUT2D eigenvalue weighted by Gasteiger charge is -2.40. The maximum atomic E-state index is 11.1. The van der Waals surface area contributed by atoms with Crippen LogP contribution in [0.2, 0.25) is 0 Å². The molecule has 4 heteroatoms. The molecular weight excluding hydrogens is 318 g/mol. The molecule has 0 radical (unpaired) electrons. The number of halogens is 1. The number of fused-ring (bicyclic) bond motifs is 1. The van der Waals surface area contributed by atoms with Crippen molar-refractivity contribution >= 4 is 21.9 Å². The van der Waals surface area contributed by atoms with Crippen LogP contribution in [0.15, 0.2) is 22.7 Å². The number of carbonyl (C=O) groups is 1. The van der Waals surface area contributed by atoms with Gasteiger partial charge in [0, 0.05) is 16.6 Å². The summed E-state index contributed by atoms with van der Waals surface area (Å²) < 4.78 is 1.21. The number of rotatable bonds is 2. The molecular formula is C16H20BrNO2. The summed E-state index contributed by atoms with van der Waals surface area (Å²) in [5, 5.41) is 9.18. The van der Waals surface area contributed by atoms with Gasteiger partial charge >= 0.3 is 5.97 Å². The van der Waals surface area contributed by atoms with Crippen molar-refractivity contribution in [2.75, 3.05) is 6.54 Å². The van der Waals surface area contributed by atoms with Gasteiger partial charge in [0.15, 0.2) is 0 Å². The van der Waals surface area contributed by atoms with Crippen molar-refractivity contribution in [2.24, 2.45) is 5.92 Å². The second-order valence-electron chi connectivity index (χ2n) is 6.01. The quantitative estimate of drug-likeness (QED) is 0.895. The Balaban J connectivity index is 1.80. The fourth-order valence-corrected chi connectivity index (χ4v) is 4.39. The predicted molar refractivity (Wildman–Crippen MR) is 81.7 cm³/mol. The molecule has 1 saturated heterocycles. The molecule has 0 aromatic heterocycles. The van der Waals surface area contributed by atoms with E-state index in [1.54, 1.807) is 0 Å². The highest BCUT2D eigenvalue weighted by molar-refractivity contribution is 9.10. The first-order chi connectivity index (χ1) is 9.58. The Kier molecular flexibility index (Phi) is 3.87. The van der Waals surface area contributed by atoms with Gasteiger partial charge in [-0.15, -0.1) is 0 Å². The third kappa shape index (κ3) is 2.40. The first-order valence-electron chi connectivity index (χ1n) is 7.33. The van der Waals surface area contributed by atoms with Gasteiger partial charge in [0.2, 0.25) is 0 Å². The van der Waals surface area contributed by atoms with Gasteiger partial charge in [-0.2, -0.15) is 0 Å². The summed E-state index contributed by atoms with van der Waals surface area (Å²) in [6.45, 7) is 3.07. The molecule has 20 heavy (non-hydrogen) atoms. The molecule has 1 aliphatic carbocycles. The van der Waals surface area contributed by atoms with Crippen LogP contribution in [0.5, 0.6) is 0 Å². The first-order valence-corrected chi connectivity index (χ1v) is 8.13. The lowest BCUT2D eigenvalue weighted by atomic mass is 9.89. The lowest BCUT2D eigenvalue weighted by Crippen LogP contribution is -2.44. The largest absolute Gasteiger partial charge is 0.481 e. The minimum absolute atomic E-state index is 0.162. The molecule has 3 nitrogen and oxygen atoms in total. The fourth-order valence-electron chi connectivity index (χ4n) is 3.81. The summed E-state index contributed by atoms with van der Waals surface area (Å²) >= 11 is 3.65. The van der Waals surface area contributed by atoms with Crippen LogP contribution in [0, 0.1) is 5.92 Å². The number of carboxylic acids is 1. The molecule has 0 spiro atoms. The topological polar surface area (TPSA) is 40.5 Å². The Morgan fingerprint density at radius 3 is 2.90 bits per heavy atom. The monoisotopic (exact) mass is 337 g/mol. The molecule has 1 heterocycles. The number of hydrogen-bond acceptors (Lipinski definition) is 2. The molecule has 1 N–H and O–H groups in total. The van der Waals surface area contributed by atoms with Gasteiger partial charge in [-0.1, -0.05) is 28.1 Å². The van der Waals surface area contributed by atoms with Crippen molar-refractivity contribution in [1.29, 1.82) is 0 Å². The van der Waals surface area contributed by atoms with Crippen LogP contribution in [0.25, 0.3) is 0 Å². The molecule has 3 unspecified atom stereocenters. The van der Waals surface area contributed by atoms with E-state index in [9.17, 15) is 9.90 Å². The van der Waals surface area contributed by atoms with Crippen molar-refractivity contribution in [1.82, 2.24) is 4.90 Å². The van der Waals surface area contributed by atoms with Crippen LogP contribution in [-0.4, -0.2) is 28.6 Å². The van der Waals surface area contributed by atoms with Crippen molar-refractivity contribution in [3.05, 3.63) is 33.8 Å². The van der Waals surface area contributed by atoms with E-state index < -0.39 is 5.97 Å². The zero-order chi connectivity index (χ0) is 14.3. The van der Waals surface area contributed by atoms with Crippen molar-refractivity contribution in [2.45, 2.75) is 44.7 Å². The Morgan fingerprint density at radius 1 is 1.40 bits per heavy atom. The summed E-state index contributed by atoms with van der Waals surface area (Å²) in [6.07, 6.45) is 3.82. The molecule has 3 atom stereocenters. The molecule has 108 valence electrons. The normalized spacial score (nSPS) is 30.2. The van der Waals surface area contributed by atoms with Crippen LogP contribution >= 0.6 is 15.9 Å². The molecule has 0 amide bonds. The van der Waals surface area contributed by atoms with Crippen LogP contribution < -0.4 is 0 Å². The number of likely N-dealkylation sites (tertiary alicyclic amines) is 1. The summed E-state index contributed by atoms with van der Waals surface area (Å²) in [4.78, 5) is 13.7. The molecule has 2 aliphatic rings. The van der Waals surface area contributed by atoms with Crippen molar-refractivity contribution in [3.63, 3.8) is 0 Å². The van der Waals surface area contributed by atoms with E-state index in [1.165, 1.54) is 15.6 Å². The minimum atomic E-state index is -0.633. The van der Waals surface area contributed by atoms with Gasteiger partial charge < -0.3 is 5.11 Å². The predicted octanol–water partition coefficient (Wildman–Crippen LogP) is 3.62. The van der Waals surface area contributed by atoms with Crippen molar-refractivity contribution in [3.8, 4) is 0 Å². The smallest absolute Gasteiger partial charge is 0.306 e. The summed E-state index contributed by atoms with van der Waals surface area (Å²) in [7, 11) is 0. The Labute approximate surface area is 128 Å². The number of carboxylic acid groups (broad SMARTS) is 1. The van der Waals surface area contributed by atoms with Crippen LogP contribution in [0.4, 0.5) is 0 Å². The Bertz CT molecular complexity index is 531. The molecule has 1 aliphatic heterocycles. The third-order valence-electron chi connectivity index (χ3n) is 4.86. The second-order valence-corrected chi connectivity index (χ2v) is 6.86. The summed E-state index contributed by atoms with van der Waals surface area (Å²) in [5.41, 5.74) is 2.87. The van der Waals surface area contributed by atoms with E-state index in [1.807, 2.05) is 0 Å². The number of piperidine rings is 1. The van der Waals surface area contributed by atoms with E-state index in [0.717, 1.165) is 32.2 Å². The molecule has 1 aromatic rings. The average molecular weight is 338 g/mol. The number of nitrogens with zero attached hydrogens (tertiary/aromatic N) is 1. The Morgan fingerprint density at radius 2 is 2.20 bits per heavy atom. The third-order valence-corrected chi connectivity index (χ3v) is 5.60. The van der Waals surface area contributed by atoms with Gasteiger partial charge in [0.1, 0.15) is 0 Å². The van der Waals surface area contributed by atoms with Crippen molar-refractivity contribution < 1.29 is 9.90 Å². The van der Waals surface area contributed by atoms with Gasteiger partial charge in [0.25, 0.3) is 0 Å². The lowest BCUT2D eigenvalue weighted by molar-refractivity contribution is -0.144. The van der Waals surface area contributed by atoms with Gasteiger partial charge in [-0.25, -0.2) is 0 Å². The molecule has 0 saturated carbocycles. The highest BCUT2D eigenvalue weighted by atomic mass is 79.9. The maximum Gasteiger partial charge on any atom is 0.306 e. The number of aliphatic carboxylic acids is 1. The first kappa shape index (κ1) is 14.1. The highest BCUT2D eigenvalue weighted by Crippen LogP contribution is 2.42. The van der Waals surface area contributed by atoms with E-state index in [4.69, 9.17) is 0 Å². The minimum Gasteiger partial charge on any atom is -0.481 e. The summed E-state index contributed by atoms with van der Waals surface area (Å²) in [6, 6.07) is 7.26. The average Bonchev–Trinajstić information content (AvgIpc) is 2.84. The van der Waals surface area contributed by atoms with E-state index in [2.05, 4.69) is 46.0 Å². The van der Waals surface area contributed by atoms with E-state index in [-0.39, 0.29) is 5.92 Å². The summed E-state index contributed by atoms with van der Waals surface area (Å²) in [5.74, 6) is -0.796. The standard InChI is InChI=1S/C16H20BrNO2/c1-10-9-11(16(19)20)7-8-18(10)15-6-5-12-13(15)3-2-4-14(12)17/h2-4,10-11,15H,5-9H2,1H3,(H,19,20). The zero-order valence-corrected chi connectivity index (χ0v) is 13.3. The number of benzene rings is 1. The van der Waals surface area contributed by atoms with Gasteiger partial charge in [-0.3, -0.25) is 9.69 Å². The van der Waals surface area contributed by atoms with Crippen LogP contribution in [-0.2, 0) is 11.2 Å². The SMILES string of the molecule is CC1CC(C(=O)O)CCN1C1CCc2c(Br)cccc21. The molecule has 0 bridgehead atoms. The highest BCUT2D eigenvalue weighted by Gasteiger charge is 2.36. The zero-order valence-electron chi connectivity index (χ0n) is 11.7. The van der Waals surface area contributed by atoms with Gasteiger partial charge in [-0.05, 0) is 56.3 Å². The molecule has 1 aromatic carbocycles. The van der Waals surface area contributed by atoms with Gasteiger partial charge in [0.05, 0.1) is 5.92 Å². The molecule has 3 rings (SSSR count). The van der Waals surface area contributed by atoms with E-state index >= 15 is 0 Å².